The van der Waals surface area contributed by atoms with Crippen LogP contribution in [-0.2, 0) is 25.6 Å². The lowest BCUT2D eigenvalue weighted by Gasteiger charge is -2.32. The molecule has 192 valence electrons. The van der Waals surface area contributed by atoms with E-state index in [4.69, 9.17) is 14.2 Å². The van der Waals surface area contributed by atoms with E-state index in [9.17, 15) is 19.2 Å². The number of hydrogen-bond acceptors (Lipinski definition) is 8. The van der Waals surface area contributed by atoms with Gasteiger partial charge in [0.05, 0.1) is 32.2 Å². The number of anilines is 1. The summed E-state index contributed by atoms with van der Waals surface area (Å²) in [6.45, 7) is 0.938. The second kappa shape index (κ2) is 12.3. The van der Waals surface area contributed by atoms with Gasteiger partial charge in [-0.15, -0.1) is 11.3 Å². The maximum atomic E-state index is 12.7. The number of ether oxygens (including phenoxy) is 3. The first kappa shape index (κ1) is 26.1. The number of Topliss-reactive ketones (excluding diaryl/α,β-unsaturated/α-hetero) is 1. The van der Waals surface area contributed by atoms with E-state index in [0.717, 1.165) is 4.88 Å². The van der Waals surface area contributed by atoms with Crippen molar-refractivity contribution in [2.45, 2.75) is 19.1 Å². The number of nitrogens with zero attached hydrogens (tertiary/aromatic N) is 1. The summed E-state index contributed by atoms with van der Waals surface area (Å²) in [5.74, 6) is -1.08. The summed E-state index contributed by atoms with van der Waals surface area (Å²) in [6.07, 6.45) is -0.958. The van der Waals surface area contributed by atoms with Crippen molar-refractivity contribution in [1.82, 2.24) is 4.90 Å². The van der Waals surface area contributed by atoms with E-state index in [0.29, 0.717) is 36.7 Å². The topological polar surface area (TPSA) is 111 Å². The molecule has 1 aromatic heterocycles. The zero-order valence-corrected chi connectivity index (χ0v) is 21.0. The number of ketones is 1. The highest BCUT2D eigenvalue weighted by Crippen LogP contribution is 2.19. The second-order valence-electron chi connectivity index (χ2n) is 8.26. The number of morpholine rings is 1. The molecular formula is C27H26N2O7S. The zero-order chi connectivity index (χ0) is 26.2. The largest absolute Gasteiger partial charge is 0.497 e. The highest BCUT2D eigenvalue weighted by Gasteiger charge is 2.31. The summed E-state index contributed by atoms with van der Waals surface area (Å²) >= 11 is 1.58. The summed E-state index contributed by atoms with van der Waals surface area (Å²) in [6, 6.07) is 16.5. The van der Waals surface area contributed by atoms with Crippen molar-refractivity contribution >= 4 is 40.6 Å². The Kier molecular flexibility index (Phi) is 8.65. The number of rotatable bonds is 10. The smallest absolute Gasteiger partial charge is 0.338 e. The Labute approximate surface area is 217 Å². The molecule has 9 nitrogen and oxygen atoms in total. The summed E-state index contributed by atoms with van der Waals surface area (Å²) in [4.78, 5) is 52.7. The predicted octanol–water partition coefficient (Wildman–Crippen LogP) is 3.55. The normalized spacial score (nSPS) is 15.2. The van der Waals surface area contributed by atoms with Crippen molar-refractivity contribution in [1.29, 1.82) is 0 Å². The lowest BCUT2D eigenvalue weighted by atomic mass is 10.1. The first-order chi connectivity index (χ1) is 17.9. The van der Waals surface area contributed by atoms with Crippen LogP contribution in [0.15, 0.2) is 66.0 Å². The molecule has 0 bridgehead atoms. The van der Waals surface area contributed by atoms with Gasteiger partial charge in [0, 0.05) is 22.7 Å². The number of hydrogen-bond donors (Lipinski definition) is 1. The third-order valence-electron chi connectivity index (χ3n) is 5.70. The molecule has 10 heteroatoms. The average molecular weight is 523 g/mol. The van der Waals surface area contributed by atoms with Gasteiger partial charge in [0.2, 0.25) is 5.91 Å². The van der Waals surface area contributed by atoms with Crippen molar-refractivity contribution in [3.05, 3.63) is 82.0 Å². The molecule has 0 radical (unpaired) electrons. The van der Waals surface area contributed by atoms with E-state index in [1.165, 1.54) is 19.2 Å². The number of methoxy groups -OCH3 is 1. The molecule has 1 N–H and O–H groups in total. The van der Waals surface area contributed by atoms with Crippen molar-refractivity contribution in [3.63, 3.8) is 0 Å². The van der Waals surface area contributed by atoms with Crippen LogP contribution >= 0.6 is 11.3 Å². The number of carbonyl (C=O) groups is 4. The van der Waals surface area contributed by atoms with E-state index in [2.05, 4.69) is 5.32 Å². The van der Waals surface area contributed by atoms with E-state index in [1.807, 2.05) is 17.5 Å². The summed E-state index contributed by atoms with van der Waals surface area (Å²) in [7, 11) is 1.50. The number of esters is 1. The van der Waals surface area contributed by atoms with Gasteiger partial charge in [-0.1, -0.05) is 18.2 Å². The fourth-order valence-electron chi connectivity index (χ4n) is 3.75. The Balaban J connectivity index is 1.25. The second-order valence-corrected chi connectivity index (χ2v) is 9.29. The molecular weight excluding hydrogens is 496 g/mol. The monoisotopic (exact) mass is 522 g/mol. The minimum atomic E-state index is -0.843. The fraction of sp³-hybridized carbons (Fsp3) is 0.259. The number of nitrogens with one attached hydrogen (secondary N) is 1. The molecule has 0 spiro atoms. The van der Waals surface area contributed by atoms with Gasteiger partial charge in [-0.05, 0) is 47.8 Å². The molecule has 37 heavy (non-hydrogen) atoms. The van der Waals surface area contributed by atoms with Crippen LogP contribution in [0.2, 0.25) is 0 Å². The molecule has 0 aliphatic carbocycles. The van der Waals surface area contributed by atoms with E-state index in [-0.39, 0.29) is 29.6 Å². The molecule has 4 rings (SSSR count). The summed E-state index contributed by atoms with van der Waals surface area (Å²) in [5.41, 5.74) is 1.06. The molecule has 2 aromatic carbocycles. The van der Waals surface area contributed by atoms with Gasteiger partial charge in [0.1, 0.15) is 11.9 Å². The molecule has 1 fully saturated rings. The summed E-state index contributed by atoms with van der Waals surface area (Å²) in [5, 5.41) is 4.67. The van der Waals surface area contributed by atoms with E-state index >= 15 is 0 Å². The number of benzene rings is 2. The standard InChI is InChI=1S/C27H26N2O7S/c1-34-21-5-2-4-19(14-21)23(30)17-36-27(33)18-7-9-20(10-8-18)28-25(31)15-24-26(32)29(11-12-35-24)16-22-6-3-13-37-22/h2-10,13-14,24H,11-12,15-17H2,1H3,(H,28,31). The Morgan fingerprint density at radius 1 is 1.08 bits per heavy atom. The molecule has 1 atom stereocenters. The van der Waals surface area contributed by atoms with Crippen LogP contribution in [0.25, 0.3) is 0 Å². The quantitative estimate of drug-likeness (QED) is 0.320. The van der Waals surface area contributed by atoms with Crippen LogP contribution in [0, 0.1) is 0 Å². The van der Waals surface area contributed by atoms with Crippen molar-refractivity contribution in [3.8, 4) is 5.75 Å². The molecule has 0 saturated carbocycles. The van der Waals surface area contributed by atoms with Gasteiger partial charge < -0.3 is 24.4 Å². The van der Waals surface area contributed by atoms with Crippen LogP contribution in [-0.4, -0.2) is 61.4 Å². The maximum Gasteiger partial charge on any atom is 0.338 e. The van der Waals surface area contributed by atoms with Crippen LogP contribution in [0.5, 0.6) is 5.75 Å². The van der Waals surface area contributed by atoms with Crippen LogP contribution < -0.4 is 10.1 Å². The minimum absolute atomic E-state index is 0.115. The minimum Gasteiger partial charge on any atom is -0.497 e. The van der Waals surface area contributed by atoms with Gasteiger partial charge >= 0.3 is 5.97 Å². The Bertz CT molecular complexity index is 1260. The average Bonchev–Trinajstić information content (AvgIpc) is 3.43. The zero-order valence-electron chi connectivity index (χ0n) is 20.2. The highest BCUT2D eigenvalue weighted by molar-refractivity contribution is 7.09. The van der Waals surface area contributed by atoms with Crippen LogP contribution in [0.1, 0.15) is 32.0 Å². The van der Waals surface area contributed by atoms with Gasteiger partial charge in [-0.25, -0.2) is 4.79 Å². The third-order valence-corrected chi connectivity index (χ3v) is 6.56. The van der Waals surface area contributed by atoms with Crippen molar-refractivity contribution in [2.24, 2.45) is 0 Å². The number of amides is 2. The molecule has 1 unspecified atom stereocenters. The van der Waals surface area contributed by atoms with Crippen molar-refractivity contribution < 1.29 is 33.4 Å². The molecule has 3 aromatic rings. The van der Waals surface area contributed by atoms with E-state index < -0.39 is 18.7 Å². The Morgan fingerprint density at radius 2 is 1.89 bits per heavy atom. The maximum absolute atomic E-state index is 12.7. The highest BCUT2D eigenvalue weighted by atomic mass is 32.1. The SMILES string of the molecule is COc1cccc(C(=O)COC(=O)c2ccc(NC(=O)CC3OCCN(Cc4cccs4)C3=O)cc2)c1. The molecule has 2 amide bonds. The third kappa shape index (κ3) is 7.02. The predicted molar refractivity (Wildman–Crippen MR) is 137 cm³/mol. The van der Waals surface area contributed by atoms with Gasteiger partial charge in [0.25, 0.3) is 5.91 Å². The summed E-state index contributed by atoms with van der Waals surface area (Å²) < 4.78 is 15.8. The first-order valence-electron chi connectivity index (χ1n) is 11.6. The Morgan fingerprint density at radius 3 is 2.62 bits per heavy atom. The number of carbonyl (C=O) groups excluding carboxylic acids is 4. The fourth-order valence-corrected chi connectivity index (χ4v) is 4.47. The van der Waals surface area contributed by atoms with Crippen LogP contribution in [0.4, 0.5) is 5.69 Å². The number of thiophene rings is 1. The molecule has 1 aliphatic rings. The lowest BCUT2D eigenvalue weighted by Crippen LogP contribution is -2.48. The Hall–Kier alpha value is -4.02. The molecule has 2 heterocycles. The first-order valence-corrected chi connectivity index (χ1v) is 12.5. The lowest BCUT2D eigenvalue weighted by molar-refractivity contribution is -0.155. The van der Waals surface area contributed by atoms with Gasteiger partial charge in [-0.2, -0.15) is 0 Å². The van der Waals surface area contributed by atoms with Crippen LogP contribution in [0.3, 0.4) is 0 Å². The molecule has 1 aliphatic heterocycles. The molecule has 1 saturated heterocycles. The van der Waals surface area contributed by atoms with Gasteiger partial charge in [0.15, 0.2) is 12.4 Å². The van der Waals surface area contributed by atoms with E-state index in [1.54, 1.807) is 52.6 Å². The van der Waals surface area contributed by atoms with Gasteiger partial charge in [-0.3, -0.25) is 14.4 Å². The van der Waals surface area contributed by atoms with Crippen molar-refractivity contribution in [2.75, 3.05) is 32.2 Å².